The number of likely N-dealkylation sites (tertiary alicyclic amines) is 1. The Morgan fingerprint density at radius 3 is 2.82 bits per heavy atom. The average Bonchev–Trinajstić information content (AvgIpc) is 2.73. The van der Waals surface area contributed by atoms with Crippen molar-refractivity contribution in [2.45, 2.75) is 18.9 Å². The zero-order chi connectivity index (χ0) is 19.5. The van der Waals surface area contributed by atoms with Crippen LogP contribution in [0.25, 0.3) is 11.0 Å². The largest absolute Gasteiger partial charge is 0.477 e. The minimum absolute atomic E-state index is 0.0245. The summed E-state index contributed by atoms with van der Waals surface area (Å²) in [5.74, 6) is 0.217. The second kappa shape index (κ2) is 7.67. The highest BCUT2D eigenvalue weighted by atomic mass is 16.5. The number of aromatic nitrogens is 2. The monoisotopic (exact) mass is 381 g/mol. The summed E-state index contributed by atoms with van der Waals surface area (Å²) in [6, 6.07) is 8.69. The fourth-order valence-corrected chi connectivity index (χ4v) is 3.29. The molecule has 1 aromatic carbocycles. The van der Waals surface area contributed by atoms with E-state index in [1.54, 1.807) is 29.2 Å². The molecule has 1 aliphatic rings. The van der Waals surface area contributed by atoms with Gasteiger partial charge in [0.1, 0.15) is 17.3 Å². The van der Waals surface area contributed by atoms with Crippen LogP contribution in [0.5, 0.6) is 11.8 Å². The van der Waals surface area contributed by atoms with Gasteiger partial charge in [-0.1, -0.05) is 18.2 Å². The van der Waals surface area contributed by atoms with Crippen LogP contribution in [0.1, 0.15) is 23.2 Å². The van der Waals surface area contributed by atoms with Gasteiger partial charge in [0.2, 0.25) is 0 Å². The number of piperidine rings is 1. The molecule has 0 radical (unpaired) electrons. The van der Waals surface area contributed by atoms with Crippen molar-refractivity contribution in [1.29, 1.82) is 0 Å². The van der Waals surface area contributed by atoms with Crippen LogP contribution in [0.3, 0.4) is 0 Å². The molecule has 4 rings (SSSR count). The predicted molar refractivity (Wildman–Crippen MR) is 101 cm³/mol. The molecule has 1 atom stereocenters. The molecule has 28 heavy (non-hydrogen) atoms. The number of hydrogen-bond donors (Lipinski definition) is 0. The Bertz CT molecular complexity index is 1060. The van der Waals surface area contributed by atoms with E-state index in [1.807, 2.05) is 6.07 Å². The summed E-state index contributed by atoms with van der Waals surface area (Å²) in [5.41, 5.74) is -0.155. The normalized spacial score (nSPS) is 16.8. The number of methoxy groups -OCH3 is 1. The van der Waals surface area contributed by atoms with Gasteiger partial charge in [0, 0.05) is 24.3 Å². The van der Waals surface area contributed by atoms with E-state index < -0.39 is 5.63 Å². The van der Waals surface area contributed by atoms with Crippen molar-refractivity contribution < 1.29 is 18.7 Å². The highest BCUT2D eigenvalue weighted by Crippen LogP contribution is 2.24. The first-order valence-electron chi connectivity index (χ1n) is 8.99. The Morgan fingerprint density at radius 2 is 2.00 bits per heavy atom. The van der Waals surface area contributed by atoms with Crippen molar-refractivity contribution in [2.24, 2.45) is 0 Å². The second-order valence-electron chi connectivity index (χ2n) is 6.49. The molecular formula is C20H19N3O5. The van der Waals surface area contributed by atoms with Crippen molar-refractivity contribution >= 4 is 16.9 Å². The van der Waals surface area contributed by atoms with Gasteiger partial charge in [-0.25, -0.2) is 14.8 Å². The summed E-state index contributed by atoms with van der Waals surface area (Å²) in [4.78, 5) is 35.0. The molecule has 1 fully saturated rings. The van der Waals surface area contributed by atoms with Crippen molar-refractivity contribution in [3.63, 3.8) is 0 Å². The molecule has 3 aromatic rings. The van der Waals surface area contributed by atoms with Gasteiger partial charge in [-0.3, -0.25) is 4.79 Å². The van der Waals surface area contributed by atoms with Gasteiger partial charge < -0.3 is 18.8 Å². The molecule has 0 aliphatic carbocycles. The maximum Gasteiger partial charge on any atom is 0.349 e. The number of amides is 1. The number of benzene rings is 1. The summed E-state index contributed by atoms with van der Waals surface area (Å²) in [6.45, 7) is 0.882. The number of nitrogens with zero attached hydrogens (tertiary/aromatic N) is 3. The molecule has 1 amide bonds. The lowest BCUT2D eigenvalue weighted by molar-refractivity contribution is 0.0516. The first kappa shape index (κ1) is 18.0. The molecule has 1 aliphatic heterocycles. The van der Waals surface area contributed by atoms with Gasteiger partial charge in [-0.2, -0.15) is 0 Å². The number of hydrogen-bond acceptors (Lipinski definition) is 7. The van der Waals surface area contributed by atoms with E-state index in [9.17, 15) is 9.59 Å². The second-order valence-corrected chi connectivity index (χ2v) is 6.49. The topological polar surface area (TPSA) is 94.8 Å². The summed E-state index contributed by atoms with van der Waals surface area (Å²) in [6.07, 6.45) is 4.27. The Labute approximate surface area is 160 Å². The zero-order valence-corrected chi connectivity index (χ0v) is 15.3. The SMILES string of the molecule is COc1nccnc1OC1CCCN(C(=O)c2cc3ccccc3oc2=O)C1. The molecule has 8 heteroatoms. The highest BCUT2D eigenvalue weighted by molar-refractivity contribution is 5.96. The lowest BCUT2D eigenvalue weighted by Crippen LogP contribution is -2.45. The summed E-state index contributed by atoms with van der Waals surface area (Å²) in [7, 11) is 1.49. The van der Waals surface area contributed by atoms with Gasteiger partial charge >= 0.3 is 5.63 Å². The lowest BCUT2D eigenvalue weighted by atomic mass is 10.1. The minimum atomic E-state index is -0.637. The number of rotatable bonds is 4. The van der Waals surface area contributed by atoms with E-state index in [-0.39, 0.29) is 23.5 Å². The molecule has 144 valence electrons. The molecule has 0 spiro atoms. The van der Waals surface area contributed by atoms with Crippen LogP contribution >= 0.6 is 0 Å². The summed E-state index contributed by atoms with van der Waals surface area (Å²) < 4.78 is 16.3. The lowest BCUT2D eigenvalue weighted by Gasteiger charge is -2.32. The van der Waals surface area contributed by atoms with Gasteiger partial charge in [0.25, 0.3) is 17.7 Å². The molecular weight excluding hydrogens is 362 g/mol. The molecule has 0 N–H and O–H groups in total. The molecule has 8 nitrogen and oxygen atoms in total. The van der Waals surface area contributed by atoms with Crippen molar-refractivity contribution in [3.8, 4) is 11.8 Å². The first-order chi connectivity index (χ1) is 13.7. The molecule has 0 bridgehead atoms. The Kier molecular flexibility index (Phi) is 4.92. The fraction of sp³-hybridized carbons (Fsp3) is 0.300. The van der Waals surface area contributed by atoms with E-state index >= 15 is 0 Å². The van der Waals surface area contributed by atoms with Crippen LogP contribution in [0.15, 0.2) is 51.9 Å². The average molecular weight is 381 g/mol. The van der Waals surface area contributed by atoms with Gasteiger partial charge in [0.05, 0.1) is 13.7 Å². The standard InChI is InChI=1S/C20H19N3O5/c1-26-17-18(22-9-8-21-17)27-14-6-4-10-23(12-14)19(24)15-11-13-5-2-3-7-16(13)28-20(15)25/h2-3,5,7-9,11,14H,4,6,10,12H2,1H3. The predicted octanol–water partition coefficient (Wildman–Crippen LogP) is 2.28. The number of ether oxygens (including phenoxy) is 2. The molecule has 1 saturated heterocycles. The van der Waals surface area contributed by atoms with Gasteiger partial charge in [-0.15, -0.1) is 0 Å². The fourth-order valence-electron chi connectivity index (χ4n) is 3.29. The van der Waals surface area contributed by atoms with Crippen LogP contribution in [-0.4, -0.2) is 47.1 Å². The number of para-hydroxylation sites is 1. The van der Waals surface area contributed by atoms with Crippen LogP contribution in [0, 0.1) is 0 Å². The van der Waals surface area contributed by atoms with Crippen molar-refractivity contribution in [3.05, 3.63) is 58.7 Å². The smallest absolute Gasteiger partial charge is 0.349 e. The van der Waals surface area contributed by atoms with Crippen molar-refractivity contribution in [2.75, 3.05) is 20.2 Å². The molecule has 3 heterocycles. The first-order valence-corrected chi connectivity index (χ1v) is 8.99. The molecule has 0 saturated carbocycles. The Morgan fingerprint density at radius 1 is 1.21 bits per heavy atom. The van der Waals surface area contributed by atoms with Crippen molar-refractivity contribution in [1.82, 2.24) is 14.9 Å². The van der Waals surface area contributed by atoms with Crippen LogP contribution < -0.4 is 15.1 Å². The number of carbonyl (C=O) groups excluding carboxylic acids is 1. The Hall–Kier alpha value is -3.42. The van der Waals surface area contributed by atoms with Crippen LogP contribution in [-0.2, 0) is 0 Å². The summed E-state index contributed by atoms with van der Waals surface area (Å²) in [5, 5.41) is 0.708. The zero-order valence-electron chi connectivity index (χ0n) is 15.3. The third kappa shape index (κ3) is 3.53. The minimum Gasteiger partial charge on any atom is -0.477 e. The maximum atomic E-state index is 12.9. The van der Waals surface area contributed by atoms with E-state index in [1.165, 1.54) is 19.5 Å². The molecule has 1 unspecified atom stereocenters. The van der Waals surface area contributed by atoms with E-state index in [4.69, 9.17) is 13.9 Å². The highest BCUT2D eigenvalue weighted by Gasteiger charge is 2.28. The Balaban J connectivity index is 1.54. The quantitative estimate of drug-likeness (QED) is 0.640. The number of fused-ring (bicyclic) bond motifs is 1. The molecule has 2 aromatic heterocycles. The van der Waals surface area contributed by atoms with Gasteiger partial charge in [-0.05, 0) is 25.0 Å². The summed E-state index contributed by atoms with van der Waals surface area (Å²) >= 11 is 0. The third-order valence-corrected chi connectivity index (χ3v) is 4.64. The van der Waals surface area contributed by atoms with E-state index in [0.29, 0.717) is 29.9 Å². The third-order valence-electron chi connectivity index (χ3n) is 4.64. The maximum absolute atomic E-state index is 12.9. The van der Waals surface area contributed by atoms with Crippen LogP contribution in [0.4, 0.5) is 0 Å². The van der Waals surface area contributed by atoms with Gasteiger partial charge in [0.15, 0.2) is 0 Å². The van der Waals surface area contributed by atoms with E-state index in [2.05, 4.69) is 9.97 Å². The van der Waals surface area contributed by atoms with Crippen LogP contribution in [0.2, 0.25) is 0 Å². The van der Waals surface area contributed by atoms with E-state index in [0.717, 1.165) is 12.8 Å². The number of carbonyl (C=O) groups is 1.